The number of anilines is 2. The topological polar surface area (TPSA) is 109 Å². The summed E-state index contributed by atoms with van der Waals surface area (Å²) >= 11 is 0. The maximum absolute atomic E-state index is 12.4. The lowest BCUT2D eigenvalue weighted by molar-refractivity contribution is -0.383. The monoisotopic (exact) mass is 383 g/mol. The molecule has 0 spiro atoms. The summed E-state index contributed by atoms with van der Waals surface area (Å²) in [4.78, 5) is 25.7. The molecule has 0 radical (unpaired) electrons. The molecule has 27 heavy (non-hydrogen) atoms. The summed E-state index contributed by atoms with van der Waals surface area (Å²) < 4.78 is 37.3. The van der Waals surface area contributed by atoms with Crippen LogP contribution in [0.5, 0.6) is 0 Å². The first kappa shape index (κ1) is 19.9. The third kappa shape index (κ3) is 6.13. The van der Waals surface area contributed by atoms with E-state index in [4.69, 9.17) is 0 Å². The fourth-order valence-electron chi connectivity index (χ4n) is 2.08. The molecule has 144 valence electrons. The van der Waals surface area contributed by atoms with E-state index in [0.717, 1.165) is 12.3 Å². The van der Waals surface area contributed by atoms with E-state index >= 15 is 0 Å². The Kier molecular flexibility index (Phi) is 6.52. The molecule has 2 rings (SSSR count). The molecule has 1 aromatic heterocycles. The molecular weight excluding hydrogens is 367 g/mol. The van der Waals surface area contributed by atoms with Gasteiger partial charge < -0.3 is 16.0 Å². The van der Waals surface area contributed by atoms with Gasteiger partial charge in [-0.1, -0.05) is 12.1 Å². The van der Waals surface area contributed by atoms with Gasteiger partial charge in [-0.15, -0.1) is 0 Å². The quantitative estimate of drug-likeness (QED) is 0.384. The number of hydrogen-bond donors (Lipinski definition) is 3. The fraction of sp³-hybridized carbons (Fsp3) is 0.250. The number of para-hydroxylation sites is 2. The smallest absolute Gasteiger partial charge is 0.370 e. The van der Waals surface area contributed by atoms with E-state index in [-0.39, 0.29) is 23.7 Å². The van der Waals surface area contributed by atoms with Crippen LogP contribution in [0.4, 0.5) is 35.2 Å². The summed E-state index contributed by atoms with van der Waals surface area (Å²) in [7, 11) is 0. The molecular formula is C16H16F3N5O3. The summed E-state index contributed by atoms with van der Waals surface area (Å²) in [5.74, 6) is 0.285. The second kappa shape index (κ2) is 8.83. The highest BCUT2D eigenvalue weighted by atomic mass is 19.4. The molecule has 0 unspecified atom stereocenters. The fourth-order valence-corrected chi connectivity index (χ4v) is 2.08. The van der Waals surface area contributed by atoms with Gasteiger partial charge in [-0.3, -0.25) is 10.1 Å². The SMILES string of the molecule is O=C(NCCCNc1ccc(C(F)(F)F)cn1)Nc1ccccc1[N+](=O)[O-]. The number of halogens is 3. The maximum atomic E-state index is 12.4. The van der Waals surface area contributed by atoms with Gasteiger partial charge in [-0.2, -0.15) is 13.2 Å². The number of benzene rings is 1. The zero-order valence-corrected chi connectivity index (χ0v) is 13.9. The molecule has 0 aliphatic heterocycles. The van der Waals surface area contributed by atoms with Crippen molar-refractivity contribution in [2.45, 2.75) is 12.6 Å². The first-order chi connectivity index (χ1) is 12.8. The highest BCUT2D eigenvalue weighted by Gasteiger charge is 2.30. The van der Waals surface area contributed by atoms with Crippen LogP contribution in [-0.4, -0.2) is 29.0 Å². The van der Waals surface area contributed by atoms with Crippen molar-refractivity contribution in [3.8, 4) is 0 Å². The molecule has 2 aromatic rings. The second-order valence-electron chi connectivity index (χ2n) is 5.37. The van der Waals surface area contributed by atoms with Crippen LogP contribution in [0, 0.1) is 10.1 Å². The molecule has 0 fully saturated rings. The molecule has 0 aliphatic carbocycles. The normalized spacial score (nSPS) is 10.9. The standard InChI is InChI=1S/C16H16F3N5O3/c17-16(18,19)11-6-7-14(22-10-11)20-8-3-9-21-15(25)23-12-4-1-2-5-13(12)24(26)27/h1-2,4-7,10H,3,8-9H2,(H,20,22)(H2,21,23,25). The molecule has 0 saturated carbocycles. The maximum Gasteiger partial charge on any atom is 0.417 e. The van der Waals surface area contributed by atoms with Crippen LogP contribution in [0.1, 0.15) is 12.0 Å². The number of pyridine rings is 1. The highest BCUT2D eigenvalue weighted by molar-refractivity contribution is 5.91. The Hall–Kier alpha value is -3.37. The summed E-state index contributed by atoms with van der Waals surface area (Å²) in [5.41, 5.74) is -0.976. The van der Waals surface area contributed by atoms with Gasteiger partial charge in [0.05, 0.1) is 10.5 Å². The predicted molar refractivity (Wildman–Crippen MR) is 92.5 cm³/mol. The molecule has 2 amide bonds. The Bertz CT molecular complexity index is 797. The summed E-state index contributed by atoms with van der Waals surface area (Å²) in [6, 6.07) is 7.28. The molecule has 0 saturated heterocycles. The molecule has 8 nitrogen and oxygen atoms in total. The number of alkyl halides is 3. The van der Waals surface area contributed by atoms with E-state index in [9.17, 15) is 28.1 Å². The molecule has 1 heterocycles. The number of nitro groups is 1. The summed E-state index contributed by atoms with van der Waals surface area (Å²) in [5, 5.41) is 18.6. The van der Waals surface area contributed by atoms with Gasteiger partial charge in [-0.25, -0.2) is 9.78 Å². The van der Waals surface area contributed by atoms with Crippen molar-refractivity contribution in [3.05, 3.63) is 58.3 Å². The number of carbonyl (C=O) groups is 1. The van der Waals surface area contributed by atoms with Crippen molar-refractivity contribution in [1.29, 1.82) is 0 Å². The molecule has 11 heteroatoms. The average molecular weight is 383 g/mol. The lowest BCUT2D eigenvalue weighted by Gasteiger charge is -2.10. The second-order valence-corrected chi connectivity index (χ2v) is 5.37. The summed E-state index contributed by atoms with van der Waals surface area (Å²) in [6.07, 6.45) is -3.23. The molecule has 0 aliphatic rings. The Morgan fingerprint density at radius 1 is 1.15 bits per heavy atom. The number of nitrogens with one attached hydrogen (secondary N) is 3. The minimum absolute atomic E-state index is 0.0760. The van der Waals surface area contributed by atoms with Gasteiger partial charge in [0.15, 0.2) is 0 Å². The van der Waals surface area contributed by atoms with Gasteiger partial charge in [0.25, 0.3) is 5.69 Å². The number of nitrogens with zero attached hydrogens (tertiary/aromatic N) is 2. The van der Waals surface area contributed by atoms with Crippen molar-refractivity contribution < 1.29 is 22.9 Å². The minimum atomic E-state index is -4.43. The number of rotatable bonds is 7. The first-order valence-corrected chi connectivity index (χ1v) is 7.83. The number of urea groups is 1. The van der Waals surface area contributed by atoms with Crippen molar-refractivity contribution >= 4 is 23.2 Å². The van der Waals surface area contributed by atoms with Crippen LogP contribution < -0.4 is 16.0 Å². The largest absolute Gasteiger partial charge is 0.417 e. The zero-order chi connectivity index (χ0) is 19.9. The zero-order valence-electron chi connectivity index (χ0n) is 13.9. The predicted octanol–water partition coefficient (Wildman–Crippen LogP) is 3.63. The number of amides is 2. The third-order valence-corrected chi connectivity index (χ3v) is 3.38. The Balaban J connectivity index is 1.71. The van der Waals surface area contributed by atoms with Gasteiger partial charge in [0, 0.05) is 25.4 Å². The average Bonchev–Trinajstić information content (AvgIpc) is 2.61. The van der Waals surface area contributed by atoms with Crippen LogP contribution in [-0.2, 0) is 6.18 Å². The van der Waals surface area contributed by atoms with E-state index in [2.05, 4.69) is 20.9 Å². The van der Waals surface area contributed by atoms with Gasteiger partial charge in [0.1, 0.15) is 11.5 Å². The van der Waals surface area contributed by atoms with Crippen LogP contribution >= 0.6 is 0 Å². The van der Waals surface area contributed by atoms with Crippen LogP contribution in [0.25, 0.3) is 0 Å². The van der Waals surface area contributed by atoms with Crippen molar-refractivity contribution in [2.24, 2.45) is 0 Å². The Morgan fingerprint density at radius 2 is 1.89 bits per heavy atom. The number of aromatic nitrogens is 1. The summed E-state index contributed by atoms with van der Waals surface area (Å²) in [6.45, 7) is 0.615. The van der Waals surface area contributed by atoms with Crippen LogP contribution in [0.3, 0.4) is 0 Å². The number of nitro benzene ring substituents is 1. The van der Waals surface area contributed by atoms with Crippen molar-refractivity contribution in [2.75, 3.05) is 23.7 Å². The van der Waals surface area contributed by atoms with E-state index < -0.39 is 22.7 Å². The number of carbonyl (C=O) groups excluding carboxylic acids is 1. The van der Waals surface area contributed by atoms with E-state index in [1.54, 1.807) is 6.07 Å². The molecule has 1 aromatic carbocycles. The van der Waals surface area contributed by atoms with Crippen molar-refractivity contribution in [3.63, 3.8) is 0 Å². The Labute approximate surface area is 151 Å². The molecule has 3 N–H and O–H groups in total. The molecule has 0 bridgehead atoms. The Morgan fingerprint density at radius 3 is 2.52 bits per heavy atom. The van der Waals surface area contributed by atoms with Crippen LogP contribution in [0.15, 0.2) is 42.6 Å². The van der Waals surface area contributed by atoms with E-state index in [1.165, 1.54) is 24.3 Å². The van der Waals surface area contributed by atoms with E-state index in [1.807, 2.05) is 0 Å². The number of hydrogen-bond acceptors (Lipinski definition) is 5. The minimum Gasteiger partial charge on any atom is -0.370 e. The van der Waals surface area contributed by atoms with Gasteiger partial charge in [-0.05, 0) is 24.6 Å². The highest BCUT2D eigenvalue weighted by Crippen LogP contribution is 2.28. The van der Waals surface area contributed by atoms with E-state index in [0.29, 0.717) is 13.0 Å². The molecule has 0 atom stereocenters. The first-order valence-electron chi connectivity index (χ1n) is 7.83. The van der Waals surface area contributed by atoms with Gasteiger partial charge in [0.2, 0.25) is 0 Å². The lowest BCUT2D eigenvalue weighted by Crippen LogP contribution is -2.30. The van der Waals surface area contributed by atoms with Crippen molar-refractivity contribution in [1.82, 2.24) is 10.3 Å². The lowest BCUT2D eigenvalue weighted by atomic mass is 10.3. The van der Waals surface area contributed by atoms with Crippen LogP contribution in [0.2, 0.25) is 0 Å². The third-order valence-electron chi connectivity index (χ3n) is 3.38. The van der Waals surface area contributed by atoms with Gasteiger partial charge >= 0.3 is 12.2 Å².